The second-order valence-electron chi connectivity index (χ2n) is 3.62. The first-order chi connectivity index (χ1) is 6.36. The van der Waals surface area contributed by atoms with Crippen LogP contribution in [0, 0.1) is 0 Å². The van der Waals surface area contributed by atoms with E-state index in [2.05, 4.69) is 27.2 Å². The molecule has 1 aromatic heterocycles. The summed E-state index contributed by atoms with van der Waals surface area (Å²) < 4.78 is 0. The van der Waals surface area contributed by atoms with E-state index < -0.39 is 0 Å². The van der Waals surface area contributed by atoms with E-state index in [0.717, 1.165) is 26.1 Å². The van der Waals surface area contributed by atoms with Gasteiger partial charge in [-0.3, -0.25) is 0 Å². The highest BCUT2D eigenvalue weighted by atomic mass is 15.2. The van der Waals surface area contributed by atoms with Crippen LogP contribution in [0.5, 0.6) is 0 Å². The molecule has 0 spiro atoms. The van der Waals surface area contributed by atoms with Gasteiger partial charge in [0, 0.05) is 44.0 Å². The molecule has 0 amide bonds. The van der Waals surface area contributed by atoms with Crippen molar-refractivity contribution in [2.75, 3.05) is 26.7 Å². The Morgan fingerprint density at radius 3 is 3.31 bits per heavy atom. The molecule has 0 unspecified atom stereocenters. The molecule has 1 saturated heterocycles. The van der Waals surface area contributed by atoms with Gasteiger partial charge < -0.3 is 15.2 Å². The minimum Gasteiger partial charge on any atom is -0.348 e. The summed E-state index contributed by atoms with van der Waals surface area (Å²) in [7, 11) is 2.18. The first-order valence-corrected chi connectivity index (χ1v) is 4.74. The van der Waals surface area contributed by atoms with Crippen molar-refractivity contribution in [3.05, 3.63) is 18.2 Å². The van der Waals surface area contributed by atoms with Crippen molar-refractivity contribution in [3.63, 3.8) is 0 Å². The fourth-order valence-corrected chi connectivity index (χ4v) is 1.74. The van der Waals surface area contributed by atoms with E-state index >= 15 is 0 Å². The summed E-state index contributed by atoms with van der Waals surface area (Å²) in [6.45, 7) is 3.32. The van der Waals surface area contributed by atoms with Gasteiger partial charge in [0.15, 0.2) is 0 Å². The number of hydrogen-bond donors (Lipinski definition) is 2. The monoisotopic (exact) mass is 180 g/mol. The van der Waals surface area contributed by atoms with Crippen LogP contribution in [0.3, 0.4) is 0 Å². The Morgan fingerprint density at radius 2 is 2.62 bits per heavy atom. The lowest BCUT2D eigenvalue weighted by Gasteiger charge is -2.32. The predicted molar refractivity (Wildman–Crippen MR) is 51.6 cm³/mol. The molecule has 2 rings (SSSR count). The van der Waals surface area contributed by atoms with E-state index in [9.17, 15) is 0 Å². The predicted octanol–water partition coefficient (Wildman–Crippen LogP) is -0.144. The third-order valence-corrected chi connectivity index (χ3v) is 2.65. The Bertz CT molecular complexity index is 244. The van der Waals surface area contributed by atoms with E-state index in [1.165, 1.54) is 5.69 Å². The molecule has 1 aromatic rings. The van der Waals surface area contributed by atoms with Gasteiger partial charge in [0.25, 0.3) is 0 Å². The molecular weight excluding hydrogens is 164 g/mol. The third kappa shape index (κ3) is 2.08. The molecule has 2 heterocycles. The standard InChI is InChI=1S/C9H16N4/c1-13-3-2-10-6-9(13)4-8-5-11-7-12-8/h5,7,9-10H,2-4,6H2,1H3,(H,11,12)/t9-/m0/s1. The molecule has 0 saturated carbocycles. The van der Waals surface area contributed by atoms with Crippen molar-refractivity contribution < 1.29 is 0 Å². The van der Waals surface area contributed by atoms with Gasteiger partial charge in [0.05, 0.1) is 6.33 Å². The molecular formula is C9H16N4. The van der Waals surface area contributed by atoms with Gasteiger partial charge in [-0.1, -0.05) is 0 Å². The van der Waals surface area contributed by atoms with Crippen molar-refractivity contribution in [2.45, 2.75) is 12.5 Å². The van der Waals surface area contributed by atoms with Crippen LogP contribution >= 0.6 is 0 Å². The van der Waals surface area contributed by atoms with Crippen molar-refractivity contribution in [3.8, 4) is 0 Å². The molecule has 0 radical (unpaired) electrons. The maximum Gasteiger partial charge on any atom is 0.0921 e. The second-order valence-corrected chi connectivity index (χ2v) is 3.62. The Hall–Kier alpha value is -0.870. The Kier molecular flexibility index (Phi) is 2.61. The quantitative estimate of drug-likeness (QED) is 0.665. The number of hydrogen-bond acceptors (Lipinski definition) is 3. The zero-order valence-electron chi connectivity index (χ0n) is 7.95. The van der Waals surface area contributed by atoms with Crippen LogP contribution in [0.15, 0.2) is 12.5 Å². The smallest absolute Gasteiger partial charge is 0.0921 e. The lowest BCUT2D eigenvalue weighted by atomic mass is 10.1. The summed E-state index contributed by atoms with van der Waals surface area (Å²) in [6.07, 6.45) is 4.71. The summed E-state index contributed by atoms with van der Waals surface area (Å²) in [6, 6.07) is 0.606. The van der Waals surface area contributed by atoms with Gasteiger partial charge in [-0.2, -0.15) is 0 Å². The number of aromatic amines is 1. The number of nitrogens with one attached hydrogen (secondary N) is 2. The largest absolute Gasteiger partial charge is 0.348 e. The molecule has 1 fully saturated rings. The van der Waals surface area contributed by atoms with Gasteiger partial charge in [-0.15, -0.1) is 0 Å². The average Bonchev–Trinajstić information content (AvgIpc) is 2.61. The highest BCUT2D eigenvalue weighted by molar-refractivity contribution is 4.99. The third-order valence-electron chi connectivity index (χ3n) is 2.65. The van der Waals surface area contributed by atoms with Crippen LogP contribution in [0.4, 0.5) is 0 Å². The first kappa shape index (κ1) is 8.72. The Labute approximate surface area is 78.4 Å². The van der Waals surface area contributed by atoms with Crippen LogP contribution in [0.25, 0.3) is 0 Å². The van der Waals surface area contributed by atoms with Crippen LogP contribution in [-0.2, 0) is 6.42 Å². The summed E-state index contributed by atoms with van der Waals surface area (Å²) in [5.41, 5.74) is 1.22. The van der Waals surface area contributed by atoms with E-state index in [0.29, 0.717) is 6.04 Å². The molecule has 1 aliphatic rings. The summed E-state index contributed by atoms with van der Waals surface area (Å²) in [5.74, 6) is 0. The van der Waals surface area contributed by atoms with E-state index in [1.54, 1.807) is 6.33 Å². The molecule has 2 N–H and O–H groups in total. The van der Waals surface area contributed by atoms with Crippen LogP contribution in [0.1, 0.15) is 5.69 Å². The van der Waals surface area contributed by atoms with Crippen LogP contribution < -0.4 is 5.32 Å². The van der Waals surface area contributed by atoms with Gasteiger partial charge in [-0.05, 0) is 7.05 Å². The molecule has 13 heavy (non-hydrogen) atoms. The van der Waals surface area contributed by atoms with E-state index in [4.69, 9.17) is 0 Å². The van der Waals surface area contributed by atoms with Gasteiger partial charge >= 0.3 is 0 Å². The van der Waals surface area contributed by atoms with Crippen LogP contribution in [0.2, 0.25) is 0 Å². The number of piperazine rings is 1. The number of H-pyrrole nitrogens is 1. The normalized spacial score (nSPS) is 24.8. The molecule has 1 aliphatic heterocycles. The maximum atomic E-state index is 4.02. The Balaban J connectivity index is 1.93. The van der Waals surface area contributed by atoms with Crippen molar-refractivity contribution >= 4 is 0 Å². The van der Waals surface area contributed by atoms with Crippen LogP contribution in [-0.4, -0.2) is 47.6 Å². The molecule has 72 valence electrons. The highest BCUT2D eigenvalue weighted by Crippen LogP contribution is 2.06. The second kappa shape index (κ2) is 3.89. The highest BCUT2D eigenvalue weighted by Gasteiger charge is 2.18. The number of rotatable bonds is 2. The first-order valence-electron chi connectivity index (χ1n) is 4.74. The number of aromatic nitrogens is 2. The molecule has 4 nitrogen and oxygen atoms in total. The van der Waals surface area contributed by atoms with Gasteiger partial charge in [0.2, 0.25) is 0 Å². The van der Waals surface area contributed by atoms with Crippen molar-refractivity contribution in [2.24, 2.45) is 0 Å². The molecule has 0 aliphatic carbocycles. The molecule has 0 bridgehead atoms. The molecule has 0 aromatic carbocycles. The molecule has 1 atom stereocenters. The van der Waals surface area contributed by atoms with E-state index in [1.807, 2.05) is 6.20 Å². The van der Waals surface area contributed by atoms with Crippen molar-refractivity contribution in [1.82, 2.24) is 20.2 Å². The summed E-state index contributed by atoms with van der Waals surface area (Å²) in [5, 5.41) is 3.40. The number of likely N-dealkylation sites (N-methyl/N-ethyl adjacent to an activating group) is 1. The fraction of sp³-hybridized carbons (Fsp3) is 0.667. The summed E-state index contributed by atoms with van der Waals surface area (Å²) >= 11 is 0. The fourth-order valence-electron chi connectivity index (χ4n) is 1.74. The zero-order chi connectivity index (χ0) is 9.10. The molecule has 4 heteroatoms. The topological polar surface area (TPSA) is 44.0 Å². The van der Waals surface area contributed by atoms with Crippen molar-refractivity contribution in [1.29, 1.82) is 0 Å². The maximum absolute atomic E-state index is 4.02. The number of nitrogens with zero attached hydrogens (tertiary/aromatic N) is 2. The Morgan fingerprint density at radius 1 is 1.69 bits per heavy atom. The lowest BCUT2D eigenvalue weighted by Crippen LogP contribution is -2.50. The minimum atomic E-state index is 0.606. The SMILES string of the molecule is CN1CCNC[C@@H]1Cc1cnc[nH]1. The average molecular weight is 180 g/mol. The minimum absolute atomic E-state index is 0.606. The lowest BCUT2D eigenvalue weighted by molar-refractivity contribution is 0.198. The number of imidazole rings is 1. The summed E-state index contributed by atoms with van der Waals surface area (Å²) in [4.78, 5) is 9.56. The zero-order valence-corrected chi connectivity index (χ0v) is 7.95. The van der Waals surface area contributed by atoms with Gasteiger partial charge in [-0.25, -0.2) is 4.98 Å². The van der Waals surface area contributed by atoms with Gasteiger partial charge in [0.1, 0.15) is 0 Å². The van der Waals surface area contributed by atoms with E-state index in [-0.39, 0.29) is 0 Å².